The monoisotopic (exact) mass is 355 g/mol. The van der Waals surface area contributed by atoms with Gasteiger partial charge in [0, 0.05) is 34.8 Å². The molecule has 4 nitrogen and oxygen atoms in total. The predicted molar refractivity (Wildman–Crippen MR) is 99.9 cm³/mol. The van der Waals surface area contributed by atoms with Gasteiger partial charge in [-0.25, -0.2) is 0 Å². The molecular weight excluding hydrogens is 334 g/mol. The zero-order valence-corrected chi connectivity index (χ0v) is 15.4. The lowest BCUT2D eigenvalue weighted by Crippen LogP contribution is -2.25. The van der Waals surface area contributed by atoms with Crippen LogP contribution in [0.2, 0.25) is 0 Å². The highest BCUT2D eigenvalue weighted by molar-refractivity contribution is 7.10. The lowest BCUT2D eigenvalue weighted by molar-refractivity contribution is -0.146. The fourth-order valence-corrected chi connectivity index (χ4v) is 3.90. The lowest BCUT2D eigenvalue weighted by atomic mass is 9.83. The number of para-hydroxylation sites is 1. The molecule has 3 rings (SSSR count). The molecule has 0 saturated carbocycles. The molecule has 5 heteroatoms. The second-order valence-electron chi connectivity index (χ2n) is 6.61. The van der Waals surface area contributed by atoms with Gasteiger partial charge in [0.2, 0.25) is 0 Å². The number of carbonyl (C=O) groups excluding carboxylic acids is 2. The molecule has 0 N–H and O–H groups in total. The van der Waals surface area contributed by atoms with Gasteiger partial charge in [-0.15, -0.1) is 11.3 Å². The van der Waals surface area contributed by atoms with E-state index in [2.05, 4.69) is 19.9 Å². The summed E-state index contributed by atoms with van der Waals surface area (Å²) in [7, 11) is 1.95. The minimum atomic E-state index is -0.378. The van der Waals surface area contributed by atoms with E-state index in [0.717, 1.165) is 16.3 Å². The summed E-state index contributed by atoms with van der Waals surface area (Å²) in [6, 6.07) is 11.9. The molecule has 0 amide bonds. The highest BCUT2D eigenvalue weighted by Gasteiger charge is 2.38. The van der Waals surface area contributed by atoms with Crippen molar-refractivity contribution in [1.29, 1.82) is 0 Å². The van der Waals surface area contributed by atoms with Gasteiger partial charge in [-0.1, -0.05) is 38.1 Å². The van der Waals surface area contributed by atoms with Gasteiger partial charge in [0.05, 0.1) is 6.42 Å². The van der Waals surface area contributed by atoms with Crippen molar-refractivity contribution in [3.63, 3.8) is 0 Å². The Balaban J connectivity index is 1.66. The van der Waals surface area contributed by atoms with Crippen LogP contribution in [0.1, 0.15) is 24.3 Å². The number of hydrogen-bond donors (Lipinski definition) is 0. The Labute approximate surface area is 151 Å². The molecule has 0 radical (unpaired) electrons. The zero-order chi connectivity index (χ0) is 18.0. The maximum Gasteiger partial charge on any atom is 0.311 e. The van der Waals surface area contributed by atoms with Gasteiger partial charge in [0.1, 0.15) is 0 Å². The van der Waals surface area contributed by atoms with Crippen LogP contribution in [0.15, 0.2) is 53.6 Å². The van der Waals surface area contributed by atoms with Crippen LogP contribution in [0.25, 0.3) is 0 Å². The number of anilines is 1. The van der Waals surface area contributed by atoms with Crippen LogP contribution in [0.3, 0.4) is 0 Å². The summed E-state index contributed by atoms with van der Waals surface area (Å²) in [5, 5.41) is 1.91. The van der Waals surface area contributed by atoms with E-state index in [1.54, 1.807) is 6.08 Å². The van der Waals surface area contributed by atoms with Crippen molar-refractivity contribution in [2.45, 2.75) is 25.7 Å². The van der Waals surface area contributed by atoms with Crippen LogP contribution in [-0.2, 0) is 26.2 Å². The van der Waals surface area contributed by atoms with Crippen LogP contribution in [0, 0.1) is 0 Å². The van der Waals surface area contributed by atoms with E-state index in [4.69, 9.17) is 4.74 Å². The van der Waals surface area contributed by atoms with Gasteiger partial charge in [-0.2, -0.15) is 0 Å². The number of nitrogens with zero attached hydrogens (tertiary/aromatic N) is 1. The molecule has 1 aliphatic rings. The third kappa shape index (κ3) is 3.51. The molecule has 0 spiro atoms. The minimum Gasteiger partial charge on any atom is -0.457 e. The summed E-state index contributed by atoms with van der Waals surface area (Å²) in [5.74, 6) is -0.584. The Morgan fingerprint density at radius 1 is 1.20 bits per heavy atom. The van der Waals surface area contributed by atoms with Crippen molar-refractivity contribution in [3.8, 4) is 0 Å². The Bertz CT molecular complexity index is 821. The Kier molecular flexibility index (Phi) is 4.77. The Morgan fingerprint density at radius 3 is 2.64 bits per heavy atom. The van der Waals surface area contributed by atoms with Crippen molar-refractivity contribution < 1.29 is 14.3 Å². The van der Waals surface area contributed by atoms with Crippen molar-refractivity contribution in [3.05, 3.63) is 64.0 Å². The zero-order valence-electron chi connectivity index (χ0n) is 14.6. The van der Waals surface area contributed by atoms with E-state index < -0.39 is 0 Å². The first-order valence-corrected chi connectivity index (χ1v) is 9.04. The summed E-state index contributed by atoms with van der Waals surface area (Å²) in [6.45, 7) is 3.96. The van der Waals surface area contributed by atoms with Gasteiger partial charge in [-0.3, -0.25) is 9.59 Å². The standard InChI is InChI=1S/C20H21NO3S/c1-20(2)16-8-4-5-9-17(16)21(3)18(20)11-14(22)13-24-19(23)12-15-7-6-10-25-15/h4-11H,12-13H2,1-3H3/b18-11-. The molecule has 0 bridgehead atoms. The second kappa shape index (κ2) is 6.84. The number of ether oxygens (including phenoxy) is 1. The number of ketones is 1. The molecule has 2 heterocycles. The molecule has 0 atom stereocenters. The number of fused-ring (bicyclic) bond motifs is 1. The molecule has 1 aromatic heterocycles. The van der Waals surface area contributed by atoms with Gasteiger partial charge in [0.15, 0.2) is 12.4 Å². The third-order valence-electron chi connectivity index (χ3n) is 4.51. The average Bonchev–Trinajstić information content (AvgIpc) is 3.15. The van der Waals surface area contributed by atoms with Crippen LogP contribution >= 0.6 is 11.3 Å². The SMILES string of the molecule is CN1/C(=C\C(=O)COC(=O)Cc2cccs2)C(C)(C)c2ccccc21. The molecule has 0 saturated heterocycles. The van der Waals surface area contributed by atoms with Crippen LogP contribution in [0.5, 0.6) is 0 Å². The van der Waals surface area contributed by atoms with Crippen LogP contribution in [-0.4, -0.2) is 25.4 Å². The Hall–Kier alpha value is -2.40. The van der Waals surface area contributed by atoms with E-state index in [-0.39, 0.29) is 30.2 Å². The molecule has 0 aliphatic carbocycles. The molecule has 1 aliphatic heterocycles. The third-order valence-corrected chi connectivity index (χ3v) is 5.39. The lowest BCUT2D eigenvalue weighted by Gasteiger charge is -2.23. The molecule has 1 aromatic carbocycles. The van der Waals surface area contributed by atoms with Crippen LogP contribution in [0.4, 0.5) is 5.69 Å². The fourth-order valence-electron chi connectivity index (χ4n) is 3.21. The number of rotatable bonds is 5. The van der Waals surface area contributed by atoms with Gasteiger partial charge in [0.25, 0.3) is 0 Å². The first kappa shape index (κ1) is 17.4. The van der Waals surface area contributed by atoms with Crippen molar-refractivity contribution in [1.82, 2.24) is 0 Å². The molecular formula is C20H21NO3S. The molecule has 0 unspecified atom stereocenters. The maximum absolute atomic E-state index is 12.3. The summed E-state index contributed by atoms with van der Waals surface area (Å²) >= 11 is 1.50. The van der Waals surface area contributed by atoms with Crippen LogP contribution < -0.4 is 4.90 Å². The predicted octanol–water partition coefficient (Wildman–Crippen LogP) is 3.71. The Morgan fingerprint density at radius 2 is 1.96 bits per heavy atom. The van der Waals surface area contributed by atoms with Crippen molar-refractivity contribution >= 4 is 28.8 Å². The molecule has 130 valence electrons. The van der Waals surface area contributed by atoms with Gasteiger partial charge < -0.3 is 9.64 Å². The molecule has 2 aromatic rings. The maximum atomic E-state index is 12.3. The fraction of sp³-hybridized carbons (Fsp3) is 0.300. The first-order valence-electron chi connectivity index (χ1n) is 8.16. The van der Waals surface area contributed by atoms with E-state index in [0.29, 0.717) is 0 Å². The number of hydrogen-bond acceptors (Lipinski definition) is 5. The number of esters is 1. The van der Waals surface area contributed by atoms with Crippen molar-refractivity contribution in [2.24, 2.45) is 0 Å². The van der Waals surface area contributed by atoms with E-state index in [1.165, 1.54) is 16.9 Å². The second-order valence-corrected chi connectivity index (χ2v) is 7.65. The van der Waals surface area contributed by atoms with E-state index in [9.17, 15) is 9.59 Å². The average molecular weight is 355 g/mol. The number of allylic oxidation sites excluding steroid dienone is 1. The number of likely N-dealkylation sites (N-methyl/N-ethyl adjacent to an activating group) is 1. The molecule has 25 heavy (non-hydrogen) atoms. The highest BCUT2D eigenvalue weighted by Crippen LogP contribution is 2.46. The van der Waals surface area contributed by atoms with Gasteiger partial charge >= 0.3 is 5.97 Å². The largest absolute Gasteiger partial charge is 0.457 e. The molecule has 0 fully saturated rings. The first-order chi connectivity index (χ1) is 11.9. The summed E-state index contributed by atoms with van der Waals surface area (Å²) < 4.78 is 5.12. The minimum absolute atomic E-state index is 0.206. The van der Waals surface area contributed by atoms with Crippen molar-refractivity contribution in [2.75, 3.05) is 18.6 Å². The summed E-state index contributed by atoms with van der Waals surface area (Å²) in [4.78, 5) is 27.1. The number of carbonyl (C=O) groups is 2. The van der Waals surface area contributed by atoms with E-state index >= 15 is 0 Å². The van der Waals surface area contributed by atoms with E-state index in [1.807, 2.05) is 47.7 Å². The highest BCUT2D eigenvalue weighted by atomic mass is 32.1. The topological polar surface area (TPSA) is 46.6 Å². The number of thiophene rings is 1. The normalized spacial score (nSPS) is 16.8. The quantitative estimate of drug-likeness (QED) is 0.606. The summed E-state index contributed by atoms with van der Waals surface area (Å²) in [5.41, 5.74) is 2.93. The summed E-state index contributed by atoms with van der Waals surface area (Å²) in [6.07, 6.45) is 1.80. The van der Waals surface area contributed by atoms with Gasteiger partial charge in [-0.05, 0) is 23.1 Å². The number of benzene rings is 1. The smallest absolute Gasteiger partial charge is 0.311 e.